The molecular weight excluding hydrogens is 404 g/mol. The summed E-state index contributed by atoms with van der Waals surface area (Å²) in [4.78, 5) is 52.1. The summed E-state index contributed by atoms with van der Waals surface area (Å²) >= 11 is 1.39. The molecule has 0 saturated carbocycles. The Labute approximate surface area is 178 Å². The number of rotatable bonds is 5. The van der Waals surface area contributed by atoms with Crippen LogP contribution >= 0.6 is 11.3 Å². The van der Waals surface area contributed by atoms with E-state index in [0.717, 1.165) is 29.7 Å². The van der Waals surface area contributed by atoms with Crippen molar-refractivity contribution in [1.29, 1.82) is 0 Å². The van der Waals surface area contributed by atoms with Crippen molar-refractivity contribution < 1.29 is 23.9 Å². The maximum Gasteiger partial charge on any atom is 0.341 e. The summed E-state index contributed by atoms with van der Waals surface area (Å²) in [6.07, 6.45) is 2.60. The molecule has 156 valence electrons. The molecule has 1 aromatic heterocycles. The molecule has 1 unspecified atom stereocenters. The predicted molar refractivity (Wildman–Crippen MR) is 113 cm³/mol. The van der Waals surface area contributed by atoms with Crippen molar-refractivity contribution in [1.82, 2.24) is 0 Å². The minimum absolute atomic E-state index is 0.244. The monoisotopic (exact) mass is 426 g/mol. The van der Waals surface area contributed by atoms with E-state index in [1.807, 2.05) is 0 Å². The second-order valence-corrected chi connectivity index (χ2v) is 8.67. The number of carbonyl (C=O) groups is 4. The van der Waals surface area contributed by atoms with Gasteiger partial charge in [0.2, 0.25) is 5.91 Å². The predicted octanol–water partition coefficient (Wildman–Crippen LogP) is 3.22. The molecule has 0 bridgehead atoms. The number of nitrogens with one attached hydrogen (secondary N) is 1. The van der Waals surface area contributed by atoms with Gasteiger partial charge in [-0.1, -0.05) is 19.1 Å². The molecule has 2 amide bonds. The number of Topliss-reactive ketones (excluding diaryl/α,β-unsaturated/α-hetero) is 1. The Morgan fingerprint density at radius 1 is 1.27 bits per heavy atom. The molecule has 0 radical (unpaired) electrons. The molecule has 0 saturated heterocycles. The first-order valence-electron chi connectivity index (χ1n) is 9.97. The normalized spacial score (nSPS) is 17.5. The average Bonchev–Trinajstić information content (AvgIpc) is 3.18. The van der Waals surface area contributed by atoms with Crippen molar-refractivity contribution in [2.75, 3.05) is 23.4 Å². The van der Waals surface area contributed by atoms with Crippen LogP contribution in [-0.4, -0.2) is 36.7 Å². The fourth-order valence-electron chi connectivity index (χ4n) is 3.97. The molecule has 2 aromatic rings. The van der Waals surface area contributed by atoms with Gasteiger partial charge >= 0.3 is 5.97 Å². The van der Waals surface area contributed by atoms with Gasteiger partial charge < -0.3 is 10.1 Å². The molecule has 2 heterocycles. The number of fused-ring (bicyclic) bond motifs is 2. The van der Waals surface area contributed by atoms with Crippen LogP contribution in [0, 0.1) is 5.92 Å². The summed E-state index contributed by atoms with van der Waals surface area (Å²) in [6.45, 7) is 3.85. The van der Waals surface area contributed by atoms with E-state index < -0.39 is 23.6 Å². The lowest BCUT2D eigenvalue weighted by atomic mass is 9.88. The van der Waals surface area contributed by atoms with Crippen molar-refractivity contribution in [3.63, 3.8) is 0 Å². The van der Waals surface area contributed by atoms with Gasteiger partial charge in [0.05, 0.1) is 23.4 Å². The number of thiophene rings is 1. The molecule has 1 aliphatic carbocycles. The molecule has 1 atom stereocenters. The maximum atomic E-state index is 12.8. The SMILES string of the molecule is CCOC(=O)c1c(NC(=O)CN2C(=O)C(=O)c3ccccc32)sc2c1CCC(C)C2. The summed E-state index contributed by atoms with van der Waals surface area (Å²) in [5, 5.41) is 3.24. The van der Waals surface area contributed by atoms with Crippen molar-refractivity contribution in [2.24, 2.45) is 5.92 Å². The fraction of sp³-hybridized carbons (Fsp3) is 0.364. The van der Waals surface area contributed by atoms with E-state index in [-0.39, 0.29) is 13.2 Å². The number of carbonyl (C=O) groups excluding carboxylic acids is 4. The van der Waals surface area contributed by atoms with Gasteiger partial charge in [-0.25, -0.2) is 4.79 Å². The van der Waals surface area contributed by atoms with Crippen LogP contribution < -0.4 is 10.2 Å². The Kier molecular flexibility index (Phi) is 5.42. The number of ether oxygens (including phenoxy) is 1. The topological polar surface area (TPSA) is 92.8 Å². The number of anilines is 2. The molecule has 1 N–H and O–H groups in total. The van der Waals surface area contributed by atoms with Crippen LogP contribution in [0.15, 0.2) is 24.3 Å². The molecular formula is C22H22N2O5S. The maximum absolute atomic E-state index is 12.8. The lowest BCUT2D eigenvalue weighted by Gasteiger charge is -2.18. The van der Waals surface area contributed by atoms with Crippen LogP contribution in [0.1, 0.15) is 51.4 Å². The third kappa shape index (κ3) is 3.52. The average molecular weight is 426 g/mol. The first kappa shape index (κ1) is 20.3. The Bertz CT molecular complexity index is 1060. The molecule has 30 heavy (non-hydrogen) atoms. The van der Waals surface area contributed by atoms with Crippen molar-refractivity contribution in [3.8, 4) is 0 Å². The Morgan fingerprint density at radius 2 is 2.03 bits per heavy atom. The number of esters is 1. The minimum Gasteiger partial charge on any atom is -0.462 e. The Morgan fingerprint density at radius 3 is 2.80 bits per heavy atom. The van der Waals surface area contributed by atoms with Gasteiger partial charge in [0.15, 0.2) is 0 Å². The van der Waals surface area contributed by atoms with E-state index in [1.165, 1.54) is 16.2 Å². The van der Waals surface area contributed by atoms with Crippen LogP contribution in [0.4, 0.5) is 10.7 Å². The second kappa shape index (κ2) is 8.02. The third-order valence-corrected chi connectivity index (χ3v) is 6.59. The van der Waals surface area contributed by atoms with Gasteiger partial charge in [-0.2, -0.15) is 0 Å². The van der Waals surface area contributed by atoms with E-state index in [1.54, 1.807) is 31.2 Å². The summed E-state index contributed by atoms with van der Waals surface area (Å²) in [7, 11) is 0. The first-order valence-corrected chi connectivity index (χ1v) is 10.8. The summed E-state index contributed by atoms with van der Waals surface area (Å²) in [5.74, 6) is -1.75. The lowest BCUT2D eigenvalue weighted by Crippen LogP contribution is -2.37. The van der Waals surface area contributed by atoms with Crippen LogP contribution in [0.25, 0.3) is 0 Å². The number of benzene rings is 1. The van der Waals surface area contributed by atoms with Crippen LogP contribution in [0.3, 0.4) is 0 Å². The van der Waals surface area contributed by atoms with Crippen LogP contribution in [-0.2, 0) is 27.2 Å². The highest BCUT2D eigenvalue weighted by atomic mass is 32.1. The van der Waals surface area contributed by atoms with E-state index >= 15 is 0 Å². The van der Waals surface area contributed by atoms with Crippen molar-refractivity contribution in [2.45, 2.75) is 33.1 Å². The highest BCUT2D eigenvalue weighted by Crippen LogP contribution is 2.40. The Balaban J connectivity index is 1.59. The van der Waals surface area contributed by atoms with Gasteiger partial charge in [-0.3, -0.25) is 19.3 Å². The zero-order chi connectivity index (χ0) is 21.4. The zero-order valence-electron chi connectivity index (χ0n) is 16.8. The number of hydrogen-bond donors (Lipinski definition) is 1. The van der Waals surface area contributed by atoms with E-state index in [4.69, 9.17) is 4.74 Å². The number of para-hydroxylation sites is 1. The molecule has 2 aliphatic rings. The molecule has 0 fully saturated rings. The molecule has 1 aliphatic heterocycles. The highest BCUT2D eigenvalue weighted by Gasteiger charge is 2.37. The van der Waals surface area contributed by atoms with E-state index in [0.29, 0.717) is 27.7 Å². The smallest absolute Gasteiger partial charge is 0.341 e. The van der Waals surface area contributed by atoms with Crippen molar-refractivity contribution >= 4 is 45.6 Å². The quantitative estimate of drug-likeness (QED) is 0.585. The summed E-state index contributed by atoms with van der Waals surface area (Å²) in [6, 6.07) is 6.60. The van der Waals surface area contributed by atoms with Gasteiger partial charge in [-0.05, 0) is 49.8 Å². The van der Waals surface area contributed by atoms with E-state index in [9.17, 15) is 19.2 Å². The number of amides is 2. The summed E-state index contributed by atoms with van der Waals surface area (Å²) < 4.78 is 5.22. The summed E-state index contributed by atoms with van der Waals surface area (Å²) in [5.41, 5.74) is 2.08. The van der Waals surface area contributed by atoms with E-state index in [2.05, 4.69) is 12.2 Å². The van der Waals surface area contributed by atoms with Gasteiger partial charge in [0, 0.05) is 4.88 Å². The largest absolute Gasteiger partial charge is 0.462 e. The fourth-order valence-corrected chi connectivity index (χ4v) is 5.39. The van der Waals surface area contributed by atoms with Gasteiger partial charge in [-0.15, -0.1) is 11.3 Å². The number of ketones is 1. The standard InChI is InChI=1S/C22H22N2O5S/c1-3-29-22(28)18-14-9-8-12(2)10-16(14)30-20(18)23-17(25)11-24-15-7-5-4-6-13(15)19(26)21(24)27/h4-7,12H,3,8-11H2,1-2H3,(H,23,25). The van der Waals surface area contributed by atoms with Gasteiger partial charge in [0.1, 0.15) is 11.5 Å². The van der Waals surface area contributed by atoms with Crippen LogP contribution in [0.5, 0.6) is 0 Å². The first-order chi connectivity index (χ1) is 14.4. The van der Waals surface area contributed by atoms with Crippen LogP contribution in [0.2, 0.25) is 0 Å². The molecule has 7 nitrogen and oxygen atoms in total. The third-order valence-electron chi connectivity index (χ3n) is 5.42. The Hall–Kier alpha value is -3.00. The highest BCUT2D eigenvalue weighted by molar-refractivity contribution is 7.17. The lowest BCUT2D eigenvalue weighted by molar-refractivity contribution is -0.118. The number of nitrogens with zero attached hydrogens (tertiary/aromatic N) is 1. The molecule has 4 rings (SSSR count). The number of hydrogen-bond acceptors (Lipinski definition) is 6. The zero-order valence-corrected chi connectivity index (χ0v) is 17.6. The minimum atomic E-state index is -0.726. The second-order valence-electron chi connectivity index (χ2n) is 7.56. The molecule has 1 aromatic carbocycles. The van der Waals surface area contributed by atoms with Crippen molar-refractivity contribution in [3.05, 3.63) is 45.8 Å². The van der Waals surface area contributed by atoms with Gasteiger partial charge in [0.25, 0.3) is 11.7 Å². The molecule has 0 spiro atoms. The molecule has 8 heteroatoms.